The van der Waals surface area contributed by atoms with Gasteiger partial charge in [-0.2, -0.15) is 15.2 Å². The number of carbonyl (C=O) groups is 1. The van der Waals surface area contributed by atoms with E-state index in [-0.39, 0.29) is 6.42 Å². The van der Waals surface area contributed by atoms with Gasteiger partial charge in [0.2, 0.25) is 5.95 Å². The largest absolute Gasteiger partial charge is 0.481 e. The Balaban J connectivity index is 0.000000174. The van der Waals surface area contributed by atoms with E-state index in [1.807, 2.05) is 79.7 Å². The predicted molar refractivity (Wildman–Crippen MR) is 181 cm³/mol. The average Bonchev–Trinajstić information content (AvgIpc) is 3.69. The Morgan fingerprint density at radius 1 is 0.787 bits per heavy atom. The van der Waals surface area contributed by atoms with E-state index in [4.69, 9.17) is 5.11 Å². The normalized spacial score (nSPS) is 12.4. The molecule has 47 heavy (non-hydrogen) atoms. The van der Waals surface area contributed by atoms with Crippen LogP contribution in [0.25, 0.3) is 21.8 Å². The van der Waals surface area contributed by atoms with Crippen LogP contribution in [0.3, 0.4) is 0 Å². The number of fused-ring (bicyclic) bond motifs is 2. The van der Waals surface area contributed by atoms with Crippen molar-refractivity contribution in [1.29, 1.82) is 0 Å². The number of nitrogens with one attached hydrogen (secondary N) is 5. The van der Waals surface area contributed by atoms with Crippen LogP contribution in [0.15, 0.2) is 91.3 Å². The van der Waals surface area contributed by atoms with Gasteiger partial charge < -0.3 is 21.1 Å². The second-order valence-electron chi connectivity index (χ2n) is 11.2. The molecule has 0 saturated heterocycles. The van der Waals surface area contributed by atoms with E-state index in [9.17, 15) is 4.79 Å². The van der Waals surface area contributed by atoms with Crippen LogP contribution in [-0.4, -0.2) is 51.4 Å². The van der Waals surface area contributed by atoms with Gasteiger partial charge in [0.1, 0.15) is 18.0 Å². The number of carboxylic acids is 1. The lowest BCUT2D eigenvalue weighted by Crippen LogP contribution is -2.03. The molecule has 6 N–H and O–H groups in total. The summed E-state index contributed by atoms with van der Waals surface area (Å²) >= 11 is 0. The number of benzene rings is 3. The number of para-hydroxylation sites is 2. The van der Waals surface area contributed by atoms with Gasteiger partial charge in [0, 0.05) is 45.9 Å². The SMILES string of the molecule is Cc1cc(Nc2ncnc3ccccc23)n[nH]1.O=C(O)Cc1ccc(Nc2nc(Nc3cc(C4CC4)[nH]n3)c3ccccc3n2)cc1. The number of nitrogens with zero attached hydrogens (tertiary/aromatic N) is 6. The highest BCUT2D eigenvalue weighted by atomic mass is 16.4. The van der Waals surface area contributed by atoms with E-state index in [0.29, 0.717) is 17.7 Å². The third-order valence-electron chi connectivity index (χ3n) is 7.53. The standard InChI is InChI=1S/C22H20N6O2.C12H11N5/c29-20(30)11-13-5-9-15(10-6-13)23-22-24-17-4-2-1-3-16(17)21(26-22)25-19-12-18(27-28-19)14-7-8-14;1-8-6-11(17-16-8)15-12-9-4-2-3-5-10(9)13-7-14-12/h1-6,9-10,12,14H,7-8,11H2,(H,29,30)(H3,23,24,25,26,27,28);2-7H,1H3,(H2,13,14,15,16,17). The van der Waals surface area contributed by atoms with Crippen molar-refractivity contribution < 1.29 is 9.90 Å². The lowest BCUT2D eigenvalue weighted by molar-refractivity contribution is -0.136. The van der Waals surface area contributed by atoms with Gasteiger partial charge in [-0.05, 0) is 61.7 Å². The van der Waals surface area contributed by atoms with Crippen molar-refractivity contribution in [3.05, 3.63) is 108 Å². The van der Waals surface area contributed by atoms with Crippen molar-refractivity contribution in [2.45, 2.75) is 32.1 Å². The van der Waals surface area contributed by atoms with E-state index < -0.39 is 5.97 Å². The molecule has 1 fully saturated rings. The summed E-state index contributed by atoms with van der Waals surface area (Å²) in [4.78, 5) is 28.5. The number of aromatic nitrogens is 8. The first kappa shape index (κ1) is 29.3. The first-order valence-corrected chi connectivity index (χ1v) is 15.1. The second kappa shape index (κ2) is 12.9. The van der Waals surface area contributed by atoms with Gasteiger partial charge >= 0.3 is 5.97 Å². The first-order valence-electron chi connectivity index (χ1n) is 15.1. The number of aryl methyl sites for hydroxylation is 1. The molecule has 0 unspecified atom stereocenters. The number of aromatic amines is 2. The second-order valence-corrected chi connectivity index (χ2v) is 11.2. The monoisotopic (exact) mass is 625 g/mol. The molecule has 0 aliphatic heterocycles. The first-order chi connectivity index (χ1) is 23.0. The lowest BCUT2D eigenvalue weighted by atomic mass is 10.1. The highest BCUT2D eigenvalue weighted by Crippen LogP contribution is 2.40. The van der Waals surface area contributed by atoms with E-state index in [2.05, 4.69) is 56.3 Å². The zero-order valence-electron chi connectivity index (χ0n) is 25.4. The van der Waals surface area contributed by atoms with Crippen LogP contribution < -0.4 is 16.0 Å². The van der Waals surface area contributed by atoms with Gasteiger partial charge in [-0.15, -0.1) is 0 Å². The Hall–Kier alpha value is -6.37. The van der Waals surface area contributed by atoms with Crippen molar-refractivity contribution >= 4 is 62.7 Å². The van der Waals surface area contributed by atoms with Crippen molar-refractivity contribution in [3.8, 4) is 0 Å². The highest BCUT2D eigenvalue weighted by molar-refractivity contribution is 5.92. The van der Waals surface area contributed by atoms with Crippen LogP contribution in [0.5, 0.6) is 0 Å². The zero-order chi connectivity index (χ0) is 32.2. The Morgan fingerprint density at radius 2 is 1.47 bits per heavy atom. The number of rotatable bonds is 9. The third-order valence-corrected chi connectivity index (χ3v) is 7.53. The summed E-state index contributed by atoms with van der Waals surface area (Å²) in [5, 5.41) is 34.9. The summed E-state index contributed by atoms with van der Waals surface area (Å²) in [6.45, 7) is 1.95. The maximum absolute atomic E-state index is 10.8. The van der Waals surface area contributed by atoms with Crippen molar-refractivity contribution in [2.75, 3.05) is 16.0 Å². The number of hydrogen-bond donors (Lipinski definition) is 6. The van der Waals surface area contributed by atoms with Gasteiger partial charge in [-0.25, -0.2) is 15.0 Å². The molecule has 1 aliphatic carbocycles. The molecule has 0 amide bonds. The fourth-order valence-electron chi connectivity index (χ4n) is 5.07. The quantitative estimate of drug-likeness (QED) is 0.0998. The molecule has 8 rings (SSSR count). The van der Waals surface area contributed by atoms with E-state index in [1.54, 1.807) is 18.5 Å². The molecule has 13 heteroatoms. The molecule has 0 atom stereocenters. The summed E-state index contributed by atoms with van der Waals surface area (Å²) in [5.74, 6) is 3.10. The molecular formula is C34H31N11O2. The summed E-state index contributed by atoms with van der Waals surface area (Å²) in [7, 11) is 0. The molecule has 4 aromatic heterocycles. The molecule has 0 bridgehead atoms. The molecular weight excluding hydrogens is 594 g/mol. The van der Waals surface area contributed by atoms with Crippen LogP contribution in [0.2, 0.25) is 0 Å². The van der Waals surface area contributed by atoms with Crippen LogP contribution in [0.1, 0.15) is 35.7 Å². The summed E-state index contributed by atoms with van der Waals surface area (Å²) in [6, 6.07) is 26.8. The smallest absolute Gasteiger partial charge is 0.307 e. The number of aliphatic carboxylic acids is 1. The lowest BCUT2D eigenvalue weighted by Gasteiger charge is -2.11. The third kappa shape index (κ3) is 7.14. The van der Waals surface area contributed by atoms with Crippen LogP contribution in [-0.2, 0) is 11.2 Å². The fourth-order valence-corrected chi connectivity index (χ4v) is 5.07. The molecule has 13 nitrogen and oxygen atoms in total. The minimum absolute atomic E-state index is 0.00661. The number of H-pyrrole nitrogens is 2. The number of carboxylic acid groups (broad SMARTS) is 1. The zero-order valence-corrected chi connectivity index (χ0v) is 25.4. The molecule has 1 aliphatic rings. The Labute approximate surface area is 268 Å². The van der Waals surface area contributed by atoms with E-state index >= 15 is 0 Å². The van der Waals surface area contributed by atoms with Crippen molar-refractivity contribution in [2.24, 2.45) is 0 Å². The minimum atomic E-state index is -0.854. The van der Waals surface area contributed by atoms with Gasteiger partial charge in [-0.1, -0.05) is 36.4 Å². The fraction of sp³-hybridized carbons (Fsp3) is 0.147. The van der Waals surface area contributed by atoms with E-state index in [1.165, 1.54) is 12.8 Å². The van der Waals surface area contributed by atoms with Crippen molar-refractivity contribution in [3.63, 3.8) is 0 Å². The number of anilines is 6. The number of hydrogen-bond acceptors (Lipinski definition) is 10. The summed E-state index contributed by atoms with van der Waals surface area (Å²) in [6.07, 6.45) is 3.95. The Bertz CT molecular complexity index is 2170. The van der Waals surface area contributed by atoms with E-state index in [0.717, 1.165) is 61.9 Å². The topological polar surface area (TPSA) is 182 Å². The summed E-state index contributed by atoms with van der Waals surface area (Å²) < 4.78 is 0. The average molecular weight is 626 g/mol. The molecule has 1 saturated carbocycles. The predicted octanol–water partition coefficient (Wildman–Crippen LogP) is 6.75. The van der Waals surface area contributed by atoms with Crippen molar-refractivity contribution in [1.82, 2.24) is 40.3 Å². The molecule has 7 aromatic rings. The Kier molecular flexibility index (Phi) is 8.07. The molecule has 234 valence electrons. The molecule has 4 heterocycles. The molecule has 0 radical (unpaired) electrons. The van der Waals surface area contributed by atoms with Gasteiger partial charge in [0.05, 0.1) is 17.5 Å². The molecule has 3 aromatic carbocycles. The van der Waals surface area contributed by atoms with Crippen LogP contribution in [0, 0.1) is 6.92 Å². The van der Waals surface area contributed by atoms with Gasteiger partial charge in [0.15, 0.2) is 11.6 Å². The Morgan fingerprint density at radius 3 is 2.19 bits per heavy atom. The minimum Gasteiger partial charge on any atom is -0.481 e. The van der Waals surface area contributed by atoms with Gasteiger partial charge in [0.25, 0.3) is 0 Å². The highest BCUT2D eigenvalue weighted by Gasteiger charge is 2.25. The maximum atomic E-state index is 10.8. The molecule has 0 spiro atoms. The van der Waals surface area contributed by atoms with Crippen LogP contribution >= 0.6 is 0 Å². The summed E-state index contributed by atoms with van der Waals surface area (Å²) in [5.41, 5.74) is 5.39. The van der Waals surface area contributed by atoms with Crippen LogP contribution in [0.4, 0.5) is 34.9 Å². The van der Waals surface area contributed by atoms with Gasteiger partial charge in [-0.3, -0.25) is 15.0 Å². The maximum Gasteiger partial charge on any atom is 0.307 e.